The number of carbonyl (C=O) groups excluding carboxylic acids is 1. The molecular formula is C12H13FN4OS2. The van der Waals surface area contributed by atoms with E-state index in [1.165, 1.54) is 35.2 Å². The number of aromatic nitrogens is 2. The van der Waals surface area contributed by atoms with Crippen LogP contribution in [0.15, 0.2) is 28.6 Å². The highest BCUT2D eigenvalue weighted by atomic mass is 32.2. The molecule has 2 N–H and O–H groups in total. The lowest BCUT2D eigenvalue weighted by molar-refractivity contribution is -0.113. The number of anilines is 2. The Hall–Kier alpha value is -1.67. The van der Waals surface area contributed by atoms with Crippen molar-refractivity contribution in [2.45, 2.75) is 11.3 Å². The monoisotopic (exact) mass is 312 g/mol. The van der Waals surface area contributed by atoms with Gasteiger partial charge in [-0.3, -0.25) is 4.79 Å². The summed E-state index contributed by atoms with van der Waals surface area (Å²) in [4.78, 5) is 11.7. The minimum Gasteiger partial charge on any atom is -0.360 e. The summed E-state index contributed by atoms with van der Waals surface area (Å²) < 4.78 is 13.7. The molecular weight excluding hydrogens is 299 g/mol. The van der Waals surface area contributed by atoms with Gasteiger partial charge in [0, 0.05) is 12.2 Å². The van der Waals surface area contributed by atoms with Gasteiger partial charge in [-0.2, -0.15) is 0 Å². The van der Waals surface area contributed by atoms with E-state index in [4.69, 9.17) is 0 Å². The van der Waals surface area contributed by atoms with E-state index in [1.807, 2.05) is 6.92 Å². The number of hydrogen-bond acceptors (Lipinski definition) is 6. The fourth-order valence-corrected chi connectivity index (χ4v) is 3.00. The van der Waals surface area contributed by atoms with Crippen LogP contribution >= 0.6 is 23.1 Å². The standard InChI is InChI=1S/C12H13FN4OS2/c1-2-14-11-16-17-12(20-11)19-7-10(18)15-9-5-3-4-8(13)6-9/h3-6H,2,7H2,1H3,(H,14,16)(H,15,18). The molecule has 1 aromatic heterocycles. The molecule has 0 atom stereocenters. The van der Waals surface area contributed by atoms with Gasteiger partial charge in [0.1, 0.15) is 5.82 Å². The van der Waals surface area contributed by atoms with Crippen molar-refractivity contribution >= 4 is 39.8 Å². The van der Waals surface area contributed by atoms with Gasteiger partial charge < -0.3 is 10.6 Å². The second-order valence-electron chi connectivity index (χ2n) is 3.75. The van der Waals surface area contributed by atoms with Crippen LogP contribution < -0.4 is 10.6 Å². The third kappa shape index (κ3) is 4.46. The minimum atomic E-state index is -0.380. The summed E-state index contributed by atoms with van der Waals surface area (Å²) in [7, 11) is 0. The van der Waals surface area contributed by atoms with Crippen molar-refractivity contribution in [3.63, 3.8) is 0 Å². The van der Waals surface area contributed by atoms with Crippen molar-refractivity contribution in [3.05, 3.63) is 30.1 Å². The summed E-state index contributed by atoms with van der Waals surface area (Å²) in [5, 5.41) is 14.3. The number of halogens is 1. The Labute approximate surface area is 124 Å². The van der Waals surface area contributed by atoms with Gasteiger partial charge in [-0.15, -0.1) is 10.2 Å². The predicted molar refractivity (Wildman–Crippen MR) is 79.8 cm³/mol. The Morgan fingerprint density at radius 2 is 2.30 bits per heavy atom. The smallest absolute Gasteiger partial charge is 0.234 e. The zero-order valence-electron chi connectivity index (χ0n) is 10.7. The Balaban J connectivity index is 1.82. The molecule has 0 saturated heterocycles. The fraction of sp³-hybridized carbons (Fsp3) is 0.250. The maximum absolute atomic E-state index is 13.0. The van der Waals surface area contributed by atoms with Crippen molar-refractivity contribution in [1.82, 2.24) is 10.2 Å². The van der Waals surface area contributed by atoms with Gasteiger partial charge in [0.2, 0.25) is 11.0 Å². The van der Waals surface area contributed by atoms with E-state index < -0.39 is 0 Å². The number of rotatable bonds is 6. The second-order valence-corrected chi connectivity index (χ2v) is 5.95. The number of amides is 1. The van der Waals surface area contributed by atoms with E-state index in [2.05, 4.69) is 20.8 Å². The summed E-state index contributed by atoms with van der Waals surface area (Å²) in [6.45, 7) is 2.75. The largest absolute Gasteiger partial charge is 0.360 e. The first-order valence-electron chi connectivity index (χ1n) is 5.93. The molecule has 0 unspecified atom stereocenters. The predicted octanol–water partition coefficient (Wildman–Crippen LogP) is 2.84. The highest BCUT2D eigenvalue weighted by molar-refractivity contribution is 8.01. The first kappa shape index (κ1) is 14.7. The van der Waals surface area contributed by atoms with E-state index in [-0.39, 0.29) is 17.5 Å². The molecule has 0 aliphatic carbocycles. The zero-order chi connectivity index (χ0) is 14.4. The van der Waals surface area contributed by atoms with Crippen LogP contribution in [-0.2, 0) is 4.79 Å². The molecule has 1 aromatic carbocycles. The van der Waals surface area contributed by atoms with Crippen LogP contribution in [0, 0.1) is 5.82 Å². The molecule has 106 valence electrons. The van der Waals surface area contributed by atoms with Gasteiger partial charge in [0.15, 0.2) is 4.34 Å². The molecule has 0 bridgehead atoms. The lowest BCUT2D eigenvalue weighted by atomic mass is 10.3. The molecule has 20 heavy (non-hydrogen) atoms. The van der Waals surface area contributed by atoms with E-state index in [0.717, 1.165) is 16.0 Å². The number of carbonyl (C=O) groups is 1. The topological polar surface area (TPSA) is 66.9 Å². The van der Waals surface area contributed by atoms with Crippen LogP contribution in [0.5, 0.6) is 0 Å². The van der Waals surface area contributed by atoms with Gasteiger partial charge in [-0.25, -0.2) is 4.39 Å². The number of thioether (sulfide) groups is 1. The molecule has 2 aromatic rings. The van der Waals surface area contributed by atoms with E-state index in [0.29, 0.717) is 5.69 Å². The third-order valence-electron chi connectivity index (χ3n) is 2.17. The van der Waals surface area contributed by atoms with Crippen LogP contribution in [0.25, 0.3) is 0 Å². The van der Waals surface area contributed by atoms with E-state index in [9.17, 15) is 9.18 Å². The normalized spacial score (nSPS) is 10.3. The zero-order valence-corrected chi connectivity index (χ0v) is 12.4. The minimum absolute atomic E-state index is 0.206. The van der Waals surface area contributed by atoms with Crippen molar-refractivity contribution in [2.75, 3.05) is 22.9 Å². The van der Waals surface area contributed by atoms with Gasteiger partial charge in [0.25, 0.3) is 0 Å². The van der Waals surface area contributed by atoms with Crippen molar-refractivity contribution in [2.24, 2.45) is 0 Å². The van der Waals surface area contributed by atoms with Crippen molar-refractivity contribution in [3.8, 4) is 0 Å². The molecule has 1 heterocycles. The summed E-state index contributed by atoms with van der Waals surface area (Å²) in [5.74, 6) is -0.382. The van der Waals surface area contributed by atoms with Crippen molar-refractivity contribution < 1.29 is 9.18 Å². The number of nitrogens with zero attached hydrogens (tertiary/aromatic N) is 2. The molecule has 1 amide bonds. The maximum atomic E-state index is 13.0. The molecule has 0 radical (unpaired) electrons. The van der Waals surface area contributed by atoms with Crippen molar-refractivity contribution in [1.29, 1.82) is 0 Å². The van der Waals surface area contributed by atoms with Crippen LogP contribution in [0.1, 0.15) is 6.92 Å². The lowest BCUT2D eigenvalue weighted by Gasteiger charge is -2.03. The van der Waals surface area contributed by atoms with Crippen LogP contribution in [0.2, 0.25) is 0 Å². The molecule has 0 fully saturated rings. The summed E-state index contributed by atoms with van der Waals surface area (Å²) in [6.07, 6.45) is 0. The van der Waals surface area contributed by atoms with Crippen LogP contribution in [-0.4, -0.2) is 28.4 Å². The molecule has 0 saturated carbocycles. The quantitative estimate of drug-likeness (QED) is 0.803. The Morgan fingerprint density at radius 3 is 3.05 bits per heavy atom. The van der Waals surface area contributed by atoms with Gasteiger partial charge in [-0.1, -0.05) is 29.2 Å². The first-order valence-corrected chi connectivity index (χ1v) is 7.73. The molecule has 8 heteroatoms. The van der Waals surface area contributed by atoms with Crippen LogP contribution in [0.3, 0.4) is 0 Å². The van der Waals surface area contributed by atoms with Gasteiger partial charge >= 0.3 is 0 Å². The molecule has 5 nitrogen and oxygen atoms in total. The third-order valence-corrected chi connectivity index (χ3v) is 4.18. The lowest BCUT2D eigenvalue weighted by Crippen LogP contribution is -2.13. The summed E-state index contributed by atoms with van der Waals surface area (Å²) in [6, 6.07) is 5.79. The summed E-state index contributed by atoms with van der Waals surface area (Å²) >= 11 is 2.70. The number of benzene rings is 1. The molecule has 0 spiro atoms. The van der Waals surface area contributed by atoms with Gasteiger partial charge in [0.05, 0.1) is 5.75 Å². The highest BCUT2D eigenvalue weighted by Crippen LogP contribution is 2.25. The average Bonchev–Trinajstić information content (AvgIpc) is 2.85. The average molecular weight is 312 g/mol. The number of nitrogens with one attached hydrogen (secondary N) is 2. The SMILES string of the molecule is CCNc1nnc(SCC(=O)Nc2cccc(F)c2)s1. The summed E-state index contributed by atoms with van der Waals surface area (Å²) in [5.41, 5.74) is 0.446. The van der Waals surface area contributed by atoms with Gasteiger partial charge in [-0.05, 0) is 25.1 Å². The first-order chi connectivity index (χ1) is 9.67. The molecule has 2 rings (SSSR count). The van der Waals surface area contributed by atoms with Crippen LogP contribution in [0.4, 0.5) is 15.2 Å². The van der Waals surface area contributed by atoms with E-state index >= 15 is 0 Å². The molecule has 0 aliphatic rings. The Morgan fingerprint density at radius 1 is 1.45 bits per heavy atom. The van der Waals surface area contributed by atoms with E-state index in [1.54, 1.807) is 12.1 Å². The Kier molecular flexibility index (Phi) is 5.31. The maximum Gasteiger partial charge on any atom is 0.234 e. The second kappa shape index (κ2) is 7.20. The highest BCUT2D eigenvalue weighted by Gasteiger charge is 2.08. The molecule has 0 aliphatic heterocycles. The fourth-order valence-electron chi connectivity index (χ4n) is 1.38. The number of hydrogen-bond donors (Lipinski definition) is 2. The Bertz CT molecular complexity index is 590.